The number of rotatable bonds is 4. The Hall–Kier alpha value is -2.22. The van der Waals surface area contributed by atoms with Crippen molar-refractivity contribution in [3.63, 3.8) is 0 Å². The first-order valence-corrected chi connectivity index (χ1v) is 9.81. The number of aromatic nitrogens is 2. The lowest BCUT2D eigenvalue weighted by Crippen LogP contribution is -2.54. The highest BCUT2D eigenvalue weighted by Gasteiger charge is 2.39. The Kier molecular flexibility index (Phi) is 5.85. The maximum absolute atomic E-state index is 13.1. The molecule has 3 rings (SSSR count). The molecule has 154 valence electrons. The first-order valence-electron chi connectivity index (χ1n) is 9.05. The fourth-order valence-corrected chi connectivity index (χ4v) is 3.47. The van der Waals surface area contributed by atoms with Crippen molar-refractivity contribution in [1.29, 1.82) is 0 Å². The van der Waals surface area contributed by atoms with Crippen LogP contribution in [0.5, 0.6) is 0 Å². The summed E-state index contributed by atoms with van der Waals surface area (Å²) in [4.78, 5) is 36.9. The lowest BCUT2D eigenvalue weighted by Gasteiger charge is -2.36. The third-order valence-electron chi connectivity index (χ3n) is 5.10. The lowest BCUT2D eigenvalue weighted by molar-refractivity contribution is -0.140. The number of aliphatic hydroxyl groups is 1. The Labute approximate surface area is 179 Å². The van der Waals surface area contributed by atoms with Crippen molar-refractivity contribution in [2.24, 2.45) is 0 Å². The van der Waals surface area contributed by atoms with Crippen LogP contribution in [0.4, 0.5) is 0 Å². The van der Waals surface area contributed by atoms with E-state index in [9.17, 15) is 14.7 Å². The van der Waals surface area contributed by atoms with Crippen LogP contribution in [-0.4, -0.2) is 61.9 Å². The molecule has 0 radical (unpaired) electrons. The molecule has 2 aromatic rings. The predicted octanol–water partition coefficient (Wildman–Crippen LogP) is 3.02. The van der Waals surface area contributed by atoms with Gasteiger partial charge >= 0.3 is 0 Å². The Morgan fingerprint density at radius 1 is 1.34 bits per heavy atom. The van der Waals surface area contributed by atoms with Crippen LogP contribution in [0.1, 0.15) is 36.7 Å². The van der Waals surface area contributed by atoms with Crippen LogP contribution in [0.25, 0.3) is 11.3 Å². The molecule has 0 fully saturated rings. The molecule has 0 spiro atoms. The molecule has 1 aromatic heterocycles. The van der Waals surface area contributed by atoms with Gasteiger partial charge in [-0.05, 0) is 44.0 Å². The monoisotopic (exact) mass is 436 g/mol. The molecule has 2 heterocycles. The molecule has 1 aromatic carbocycles. The van der Waals surface area contributed by atoms with Crippen LogP contribution in [0, 0.1) is 0 Å². The molecule has 1 atom stereocenters. The number of carbonyl (C=O) groups excluding carboxylic acids is 2. The number of fused-ring (bicyclic) bond motifs is 1. The summed E-state index contributed by atoms with van der Waals surface area (Å²) in [5.74, 6) is -0.639. The van der Waals surface area contributed by atoms with Gasteiger partial charge in [0.15, 0.2) is 0 Å². The number of hydrogen-bond acceptors (Lipinski definition) is 5. The van der Waals surface area contributed by atoms with Gasteiger partial charge in [0.2, 0.25) is 11.2 Å². The van der Waals surface area contributed by atoms with Crippen molar-refractivity contribution < 1.29 is 14.7 Å². The number of amides is 2. The second kappa shape index (κ2) is 7.89. The Balaban J connectivity index is 1.93. The van der Waals surface area contributed by atoms with Crippen molar-refractivity contribution in [3.05, 3.63) is 45.8 Å². The van der Waals surface area contributed by atoms with Crippen LogP contribution >= 0.6 is 23.2 Å². The molecule has 1 aliphatic heterocycles. The summed E-state index contributed by atoms with van der Waals surface area (Å²) >= 11 is 12.0. The van der Waals surface area contributed by atoms with E-state index in [1.165, 1.54) is 16.0 Å². The predicted molar refractivity (Wildman–Crippen MR) is 111 cm³/mol. The van der Waals surface area contributed by atoms with Crippen LogP contribution in [-0.2, 0) is 11.3 Å². The number of benzene rings is 1. The third-order valence-corrected chi connectivity index (χ3v) is 5.56. The zero-order chi connectivity index (χ0) is 21.5. The number of nitrogens with zero attached hydrogens (tertiary/aromatic N) is 4. The SMILES string of the molecule is CN(C(=O)C(CO)N1Cc2ccc(-c3nc(Cl)ncc3Cl)cc2C1=O)C(C)(C)C. The van der Waals surface area contributed by atoms with E-state index in [-0.39, 0.29) is 23.6 Å². The maximum atomic E-state index is 13.1. The molecule has 2 amide bonds. The summed E-state index contributed by atoms with van der Waals surface area (Å²) < 4.78 is 0. The van der Waals surface area contributed by atoms with Gasteiger partial charge in [0.25, 0.3) is 5.91 Å². The summed E-state index contributed by atoms with van der Waals surface area (Å²) in [5, 5.41) is 10.2. The second-order valence-corrected chi connectivity index (χ2v) is 8.65. The van der Waals surface area contributed by atoms with E-state index < -0.39 is 18.2 Å². The number of aliphatic hydroxyl groups excluding tert-OH is 1. The number of likely N-dealkylation sites (N-methyl/N-ethyl adjacent to an activating group) is 1. The number of hydrogen-bond donors (Lipinski definition) is 1. The lowest BCUT2D eigenvalue weighted by atomic mass is 10.0. The van der Waals surface area contributed by atoms with Crippen LogP contribution in [0.2, 0.25) is 10.3 Å². The minimum Gasteiger partial charge on any atom is -0.394 e. The molecular weight excluding hydrogens is 415 g/mol. The molecule has 0 aliphatic carbocycles. The van der Waals surface area contributed by atoms with Crippen molar-refractivity contribution in [1.82, 2.24) is 19.8 Å². The van der Waals surface area contributed by atoms with Crippen molar-refractivity contribution in [2.75, 3.05) is 13.7 Å². The summed E-state index contributed by atoms with van der Waals surface area (Å²) in [6.45, 7) is 5.45. The third kappa shape index (κ3) is 4.08. The first kappa shape index (κ1) is 21.5. The molecule has 29 heavy (non-hydrogen) atoms. The fourth-order valence-electron chi connectivity index (χ4n) is 3.13. The van der Waals surface area contributed by atoms with Gasteiger partial charge in [0, 0.05) is 30.3 Å². The molecular formula is C20H22Cl2N4O3. The van der Waals surface area contributed by atoms with Gasteiger partial charge in [0.1, 0.15) is 6.04 Å². The van der Waals surface area contributed by atoms with Crippen molar-refractivity contribution in [3.8, 4) is 11.3 Å². The highest BCUT2D eigenvalue weighted by Crippen LogP contribution is 2.32. The molecule has 1 unspecified atom stereocenters. The highest BCUT2D eigenvalue weighted by atomic mass is 35.5. The Morgan fingerprint density at radius 2 is 2.03 bits per heavy atom. The van der Waals surface area contributed by atoms with E-state index in [1.807, 2.05) is 20.8 Å². The average Bonchev–Trinajstić information content (AvgIpc) is 2.99. The van der Waals surface area contributed by atoms with Gasteiger partial charge in [-0.25, -0.2) is 9.97 Å². The summed E-state index contributed by atoms with van der Waals surface area (Å²) in [7, 11) is 1.66. The van der Waals surface area contributed by atoms with E-state index in [4.69, 9.17) is 23.2 Å². The summed E-state index contributed by atoms with van der Waals surface area (Å²) in [5.41, 5.74) is 1.81. The standard InChI is InChI=1S/C20H22Cl2N4O3/c1-20(2,3)25(4)18(29)15(10-27)26-9-12-6-5-11(7-13(12)17(26)28)16-14(21)8-23-19(22)24-16/h5-8,15,27H,9-10H2,1-4H3. The number of carbonyl (C=O) groups is 2. The molecule has 1 N–H and O–H groups in total. The molecule has 0 saturated heterocycles. The quantitative estimate of drug-likeness (QED) is 0.744. The second-order valence-electron chi connectivity index (χ2n) is 7.91. The van der Waals surface area contributed by atoms with E-state index >= 15 is 0 Å². The minimum absolute atomic E-state index is 0.0500. The van der Waals surface area contributed by atoms with Crippen LogP contribution in [0.15, 0.2) is 24.4 Å². The Morgan fingerprint density at radius 3 is 2.66 bits per heavy atom. The van der Waals surface area contributed by atoms with Gasteiger partial charge in [-0.1, -0.05) is 23.7 Å². The van der Waals surface area contributed by atoms with Gasteiger partial charge in [-0.15, -0.1) is 0 Å². The summed E-state index contributed by atoms with van der Waals surface area (Å²) in [6.07, 6.45) is 1.40. The Bertz CT molecular complexity index is 975. The molecule has 7 nitrogen and oxygen atoms in total. The molecule has 1 aliphatic rings. The zero-order valence-electron chi connectivity index (χ0n) is 16.6. The van der Waals surface area contributed by atoms with Gasteiger partial charge < -0.3 is 14.9 Å². The van der Waals surface area contributed by atoms with E-state index in [0.29, 0.717) is 21.8 Å². The number of halogens is 2. The van der Waals surface area contributed by atoms with Gasteiger partial charge in [-0.3, -0.25) is 9.59 Å². The molecule has 0 saturated carbocycles. The van der Waals surface area contributed by atoms with E-state index in [1.54, 1.807) is 25.2 Å². The van der Waals surface area contributed by atoms with E-state index in [2.05, 4.69) is 9.97 Å². The normalized spacial score (nSPS) is 14.7. The first-order chi connectivity index (χ1) is 13.5. The van der Waals surface area contributed by atoms with E-state index in [0.717, 1.165) is 5.56 Å². The van der Waals surface area contributed by atoms with Gasteiger partial charge in [-0.2, -0.15) is 0 Å². The molecule has 0 bridgehead atoms. The highest BCUT2D eigenvalue weighted by molar-refractivity contribution is 6.33. The summed E-state index contributed by atoms with van der Waals surface area (Å²) in [6, 6.07) is 4.30. The van der Waals surface area contributed by atoms with Crippen molar-refractivity contribution >= 4 is 35.0 Å². The largest absolute Gasteiger partial charge is 0.394 e. The average molecular weight is 437 g/mol. The smallest absolute Gasteiger partial charge is 0.255 e. The topological polar surface area (TPSA) is 86.6 Å². The maximum Gasteiger partial charge on any atom is 0.255 e. The zero-order valence-corrected chi connectivity index (χ0v) is 18.1. The molecule has 9 heteroatoms. The van der Waals surface area contributed by atoms with Crippen molar-refractivity contribution in [2.45, 2.75) is 38.9 Å². The van der Waals surface area contributed by atoms with Crippen LogP contribution in [0.3, 0.4) is 0 Å². The van der Waals surface area contributed by atoms with Gasteiger partial charge in [0.05, 0.1) is 23.5 Å². The van der Waals surface area contributed by atoms with Crippen LogP contribution < -0.4 is 0 Å². The minimum atomic E-state index is -0.959. The fraction of sp³-hybridized carbons (Fsp3) is 0.400.